The minimum absolute atomic E-state index is 0.744. The average Bonchev–Trinajstić information content (AvgIpc) is 3.69. The second-order valence-corrected chi connectivity index (χ2v) is 13.2. The third-order valence-electron chi connectivity index (χ3n) is 9.46. The Hall–Kier alpha value is -5.90. The molecule has 10 rings (SSSR count). The van der Waals surface area contributed by atoms with E-state index in [1.54, 1.807) is 11.3 Å². The molecule has 0 fully saturated rings. The van der Waals surface area contributed by atoms with Crippen LogP contribution in [0.4, 0.5) is 0 Å². The number of thiophene rings is 1. The normalized spacial score (nSPS) is 11.8. The molecule has 2 aromatic heterocycles. The lowest BCUT2D eigenvalue weighted by Crippen LogP contribution is -1.94. The summed E-state index contributed by atoms with van der Waals surface area (Å²) in [5, 5.41) is 4.97. The van der Waals surface area contributed by atoms with Gasteiger partial charge in [0.2, 0.25) is 0 Å². The highest BCUT2D eigenvalue weighted by Crippen LogP contribution is 2.49. The highest BCUT2D eigenvalue weighted by atomic mass is 32.1. The van der Waals surface area contributed by atoms with Crippen molar-refractivity contribution in [2.45, 2.75) is 0 Å². The van der Waals surface area contributed by atoms with Crippen LogP contribution < -0.4 is 0 Å². The molecule has 218 valence electrons. The third kappa shape index (κ3) is 4.10. The van der Waals surface area contributed by atoms with Crippen LogP contribution in [0.2, 0.25) is 0 Å². The number of benzene rings is 7. The molecule has 2 heterocycles. The van der Waals surface area contributed by atoms with Crippen LogP contribution in [-0.4, -0.2) is 9.97 Å². The second kappa shape index (κ2) is 10.3. The smallest absolute Gasteiger partial charge is 0.161 e. The van der Waals surface area contributed by atoms with Gasteiger partial charge in [-0.15, -0.1) is 11.3 Å². The molecule has 0 bridgehead atoms. The van der Waals surface area contributed by atoms with E-state index in [4.69, 9.17) is 9.97 Å². The van der Waals surface area contributed by atoms with Crippen LogP contribution in [0.3, 0.4) is 0 Å². The SMILES string of the molecule is c1ccc(-c2nc(-c3cccc(-c4cccc(-c5ccc6c7c(cccc57)-c5ccccc5-6)c4)c3)nc3sc4ccccc4c23)cc1. The fourth-order valence-corrected chi connectivity index (χ4v) is 8.40. The Morgan fingerprint density at radius 2 is 0.936 bits per heavy atom. The van der Waals surface area contributed by atoms with Crippen molar-refractivity contribution < 1.29 is 0 Å². The summed E-state index contributed by atoms with van der Waals surface area (Å²) in [6, 6.07) is 56.6. The van der Waals surface area contributed by atoms with E-state index in [1.165, 1.54) is 59.8 Å². The van der Waals surface area contributed by atoms with E-state index in [-0.39, 0.29) is 0 Å². The van der Waals surface area contributed by atoms with Gasteiger partial charge < -0.3 is 0 Å². The van der Waals surface area contributed by atoms with E-state index in [2.05, 4.69) is 158 Å². The zero-order valence-corrected chi connectivity index (χ0v) is 26.1. The van der Waals surface area contributed by atoms with E-state index < -0.39 is 0 Å². The molecular formula is C44H26N2S. The monoisotopic (exact) mass is 614 g/mol. The van der Waals surface area contributed by atoms with E-state index in [1.807, 2.05) is 0 Å². The molecule has 0 N–H and O–H groups in total. The van der Waals surface area contributed by atoms with E-state index >= 15 is 0 Å². The molecule has 0 saturated heterocycles. The summed E-state index contributed by atoms with van der Waals surface area (Å²) < 4.78 is 1.23. The van der Waals surface area contributed by atoms with Gasteiger partial charge in [-0.1, -0.05) is 140 Å². The Morgan fingerprint density at radius 3 is 1.77 bits per heavy atom. The Morgan fingerprint density at radius 1 is 0.362 bits per heavy atom. The molecule has 7 aromatic carbocycles. The summed E-state index contributed by atoms with van der Waals surface area (Å²) in [5.41, 5.74) is 13.1. The number of nitrogens with zero attached hydrogens (tertiary/aromatic N) is 2. The van der Waals surface area contributed by atoms with Crippen LogP contribution in [0.25, 0.3) is 98.2 Å². The average molecular weight is 615 g/mol. The van der Waals surface area contributed by atoms with Gasteiger partial charge in [-0.25, -0.2) is 9.97 Å². The first-order valence-electron chi connectivity index (χ1n) is 15.9. The summed E-state index contributed by atoms with van der Waals surface area (Å²) >= 11 is 1.73. The van der Waals surface area contributed by atoms with Gasteiger partial charge >= 0.3 is 0 Å². The molecular weight excluding hydrogens is 589 g/mol. The van der Waals surface area contributed by atoms with Crippen LogP contribution in [0.15, 0.2) is 158 Å². The van der Waals surface area contributed by atoms with E-state index in [0.717, 1.165) is 38.4 Å². The number of fused-ring (bicyclic) bond motifs is 6. The van der Waals surface area contributed by atoms with Crippen LogP contribution >= 0.6 is 11.3 Å². The van der Waals surface area contributed by atoms with Crippen LogP contribution in [0.1, 0.15) is 0 Å². The van der Waals surface area contributed by atoms with Crippen LogP contribution in [0.5, 0.6) is 0 Å². The van der Waals surface area contributed by atoms with Gasteiger partial charge in [-0.05, 0) is 73.5 Å². The Kier molecular flexibility index (Phi) is 5.78. The molecule has 0 spiro atoms. The van der Waals surface area contributed by atoms with Gasteiger partial charge in [0, 0.05) is 26.6 Å². The maximum absolute atomic E-state index is 5.23. The maximum atomic E-state index is 5.23. The summed E-state index contributed by atoms with van der Waals surface area (Å²) in [6.45, 7) is 0. The lowest BCUT2D eigenvalue weighted by atomic mass is 9.92. The fraction of sp³-hybridized carbons (Fsp3) is 0. The molecule has 2 nitrogen and oxygen atoms in total. The molecule has 47 heavy (non-hydrogen) atoms. The van der Waals surface area contributed by atoms with Crippen LogP contribution in [0, 0.1) is 0 Å². The van der Waals surface area contributed by atoms with Gasteiger partial charge in [0.05, 0.1) is 5.69 Å². The number of rotatable bonds is 4. The lowest BCUT2D eigenvalue weighted by molar-refractivity contribution is 1.24. The number of hydrogen-bond donors (Lipinski definition) is 0. The molecule has 1 aliphatic rings. The fourth-order valence-electron chi connectivity index (χ4n) is 7.32. The van der Waals surface area contributed by atoms with Crippen molar-refractivity contribution in [3.63, 3.8) is 0 Å². The first-order chi connectivity index (χ1) is 23.3. The molecule has 0 saturated carbocycles. The van der Waals surface area contributed by atoms with Crippen molar-refractivity contribution >= 4 is 42.4 Å². The predicted molar refractivity (Wildman–Crippen MR) is 199 cm³/mol. The molecule has 0 aliphatic heterocycles. The lowest BCUT2D eigenvalue weighted by Gasteiger charge is -2.12. The zero-order valence-electron chi connectivity index (χ0n) is 25.3. The Balaban J connectivity index is 1.10. The van der Waals surface area contributed by atoms with Gasteiger partial charge in [0.25, 0.3) is 0 Å². The first kappa shape index (κ1) is 26.3. The molecule has 9 aromatic rings. The van der Waals surface area contributed by atoms with Crippen molar-refractivity contribution in [3.05, 3.63) is 158 Å². The minimum Gasteiger partial charge on any atom is -0.227 e. The first-order valence-corrected chi connectivity index (χ1v) is 16.7. The van der Waals surface area contributed by atoms with Crippen LogP contribution in [-0.2, 0) is 0 Å². The summed E-state index contributed by atoms with van der Waals surface area (Å²) in [7, 11) is 0. The minimum atomic E-state index is 0.744. The Bertz CT molecular complexity index is 2660. The molecule has 0 unspecified atom stereocenters. The van der Waals surface area contributed by atoms with E-state index in [0.29, 0.717) is 0 Å². The molecule has 3 heteroatoms. The number of hydrogen-bond acceptors (Lipinski definition) is 3. The summed E-state index contributed by atoms with van der Waals surface area (Å²) in [5.74, 6) is 0.744. The zero-order chi connectivity index (χ0) is 30.9. The topological polar surface area (TPSA) is 25.8 Å². The molecule has 1 aliphatic carbocycles. The van der Waals surface area contributed by atoms with Crippen molar-refractivity contribution in [3.8, 4) is 67.2 Å². The van der Waals surface area contributed by atoms with Gasteiger partial charge in [-0.3, -0.25) is 0 Å². The summed E-state index contributed by atoms with van der Waals surface area (Å²) in [6.07, 6.45) is 0. The van der Waals surface area contributed by atoms with Gasteiger partial charge in [-0.2, -0.15) is 0 Å². The molecule has 0 atom stereocenters. The molecule has 0 radical (unpaired) electrons. The predicted octanol–water partition coefficient (Wildman–Crippen LogP) is 12.3. The van der Waals surface area contributed by atoms with E-state index in [9.17, 15) is 0 Å². The third-order valence-corrected chi connectivity index (χ3v) is 10.5. The van der Waals surface area contributed by atoms with Crippen molar-refractivity contribution in [2.24, 2.45) is 0 Å². The standard InChI is InChI=1S/C44H26N2S/c1-2-11-27(12-3-1)42-41-38-19-6-7-22-39(38)47-44(41)46-43(45-42)31-16-9-14-29(26-31)28-13-8-15-30(25-28)32-23-24-37-34-18-5-4-17-33(34)36-21-10-20-35(32)40(36)37/h1-26H. The van der Waals surface area contributed by atoms with Gasteiger partial charge in [0.15, 0.2) is 5.82 Å². The Labute approximate surface area is 276 Å². The molecule has 0 amide bonds. The highest BCUT2D eigenvalue weighted by Gasteiger charge is 2.22. The summed E-state index contributed by atoms with van der Waals surface area (Å²) in [4.78, 5) is 11.4. The van der Waals surface area contributed by atoms with Crippen molar-refractivity contribution in [1.29, 1.82) is 0 Å². The highest BCUT2D eigenvalue weighted by molar-refractivity contribution is 7.25. The maximum Gasteiger partial charge on any atom is 0.161 e. The quantitative estimate of drug-likeness (QED) is 0.197. The second-order valence-electron chi connectivity index (χ2n) is 12.1. The number of aromatic nitrogens is 2. The van der Waals surface area contributed by atoms with Gasteiger partial charge in [0.1, 0.15) is 4.83 Å². The van der Waals surface area contributed by atoms with Crippen molar-refractivity contribution in [1.82, 2.24) is 9.97 Å². The van der Waals surface area contributed by atoms with Crippen molar-refractivity contribution in [2.75, 3.05) is 0 Å². The largest absolute Gasteiger partial charge is 0.227 e.